The van der Waals surface area contributed by atoms with Gasteiger partial charge in [-0.3, -0.25) is 0 Å². The van der Waals surface area contributed by atoms with E-state index in [4.69, 9.17) is 23.7 Å². The lowest BCUT2D eigenvalue weighted by Crippen LogP contribution is -2.07. The summed E-state index contributed by atoms with van der Waals surface area (Å²) in [6.45, 7) is 1.36. The van der Waals surface area contributed by atoms with Gasteiger partial charge in [0.15, 0.2) is 23.0 Å². The Morgan fingerprint density at radius 3 is 2.71 bits per heavy atom. The van der Waals surface area contributed by atoms with Gasteiger partial charge in [0.05, 0.1) is 27.4 Å². The second-order valence-electron chi connectivity index (χ2n) is 6.00. The molecule has 0 saturated carbocycles. The maximum Gasteiger partial charge on any atom is 0.231 e. The molecule has 28 heavy (non-hydrogen) atoms. The summed E-state index contributed by atoms with van der Waals surface area (Å²) >= 11 is 0. The summed E-state index contributed by atoms with van der Waals surface area (Å²) in [5, 5.41) is 12.6. The van der Waals surface area contributed by atoms with E-state index in [0.717, 1.165) is 23.5 Å². The number of aromatic nitrogens is 4. The summed E-state index contributed by atoms with van der Waals surface area (Å²) in [7, 11) is 3.18. The van der Waals surface area contributed by atoms with Crippen LogP contribution in [0.1, 0.15) is 6.42 Å². The smallest absolute Gasteiger partial charge is 0.231 e. The van der Waals surface area contributed by atoms with Crippen molar-refractivity contribution in [2.45, 2.75) is 13.0 Å². The number of rotatable bonds is 8. The largest absolute Gasteiger partial charge is 0.493 e. The van der Waals surface area contributed by atoms with Gasteiger partial charge < -0.3 is 23.7 Å². The van der Waals surface area contributed by atoms with Gasteiger partial charge in [-0.1, -0.05) is 0 Å². The Hall–Kier alpha value is -3.49. The second-order valence-corrected chi connectivity index (χ2v) is 6.00. The van der Waals surface area contributed by atoms with Gasteiger partial charge in [-0.15, -0.1) is 10.2 Å². The van der Waals surface area contributed by atoms with Crippen LogP contribution >= 0.6 is 0 Å². The number of fused-ring (bicyclic) bond motifs is 1. The van der Waals surface area contributed by atoms with Gasteiger partial charge in [0.2, 0.25) is 12.6 Å². The van der Waals surface area contributed by atoms with Crippen molar-refractivity contribution in [3.8, 4) is 40.1 Å². The van der Waals surface area contributed by atoms with Crippen molar-refractivity contribution in [2.75, 3.05) is 27.6 Å². The van der Waals surface area contributed by atoms with E-state index < -0.39 is 0 Å². The molecule has 0 aliphatic carbocycles. The Balaban J connectivity index is 1.31. The van der Waals surface area contributed by atoms with Gasteiger partial charge >= 0.3 is 0 Å². The molecule has 0 radical (unpaired) electrons. The monoisotopic (exact) mass is 384 g/mol. The van der Waals surface area contributed by atoms with E-state index in [1.807, 2.05) is 36.4 Å². The zero-order valence-electron chi connectivity index (χ0n) is 15.6. The number of nitrogens with zero attached hydrogens (tertiary/aromatic N) is 4. The van der Waals surface area contributed by atoms with E-state index in [0.29, 0.717) is 36.2 Å². The molecule has 0 N–H and O–H groups in total. The standard InChI is InChI=1S/C19H20N4O5/c1-24-15-6-4-13(10-17(15)25-2)19-20-22-23(21-19)8-3-9-26-14-5-7-16-18(11-14)28-12-27-16/h4-7,10-11H,3,8-9,12H2,1-2H3. The molecule has 0 atom stereocenters. The van der Waals surface area contributed by atoms with E-state index in [1.165, 1.54) is 0 Å². The van der Waals surface area contributed by atoms with Gasteiger partial charge in [-0.05, 0) is 35.5 Å². The summed E-state index contributed by atoms with van der Waals surface area (Å²) in [4.78, 5) is 1.55. The lowest BCUT2D eigenvalue weighted by atomic mass is 10.2. The number of ether oxygens (including phenoxy) is 5. The number of aryl methyl sites for hydroxylation is 1. The van der Waals surface area contributed by atoms with Crippen LogP contribution in [0.2, 0.25) is 0 Å². The molecule has 0 saturated heterocycles. The van der Waals surface area contributed by atoms with E-state index in [2.05, 4.69) is 15.4 Å². The molecule has 2 aromatic carbocycles. The quantitative estimate of drug-likeness (QED) is 0.548. The van der Waals surface area contributed by atoms with Crippen LogP contribution in [0.25, 0.3) is 11.4 Å². The molecular weight excluding hydrogens is 364 g/mol. The van der Waals surface area contributed by atoms with Crippen LogP contribution in [0.15, 0.2) is 36.4 Å². The lowest BCUT2D eigenvalue weighted by molar-refractivity contribution is 0.173. The van der Waals surface area contributed by atoms with Crippen molar-refractivity contribution in [2.24, 2.45) is 0 Å². The summed E-state index contributed by atoms with van der Waals surface area (Å²) in [6, 6.07) is 11.0. The predicted octanol–water partition coefficient (Wildman–Crippen LogP) is 2.56. The molecule has 3 aromatic rings. The van der Waals surface area contributed by atoms with Crippen LogP contribution in [0.5, 0.6) is 28.7 Å². The molecule has 0 bridgehead atoms. The fourth-order valence-corrected chi connectivity index (χ4v) is 2.79. The normalized spacial score (nSPS) is 12.1. The van der Waals surface area contributed by atoms with Gasteiger partial charge in [0.1, 0.15) is 5.75 Å². The predicted molar refractivity (Wildman–Crippen MR) is 99.0 cm³/mol. The Morgan fingerprint density at radius 1 is 1.00 bits per heavy atom. The third-order valence-corrected chi connectivity index (χ3v) is 4.21. The van der Waals surface area contributed by atoms with Crippen LogP contribution in [0.3, 0.4) is 0 Å². The number of hydrogen-bond donors (Lipinski definition) is 0. The highest BCUT2D eigenvalue weighted by molar-refractivity contribution is 5.60. The molecule has 1 aromatic heterocycles. The minimum absolute atomic E-state index is 0.249. The molecule has 0 unspecified atom stereocenters. The highest BCUT2D eigenvalue weighted by Crippen LogP contribution is 2.35. The first-order chi connectivity index (χ1) is 13.8. The third kappa shape index (κ3) is 3.78. The van der Waals surface area contributed by atoms with Crippen molar-refractivity contribution in [1.82, 2.24) is 20.2 Å². The lowest BCUT2D eigenvalue weighted by Gasteiger charge is -2.07. The molecule has 1 aliphatic rings. The minimum atomic E-state index is 0.249. The van der Waals surface area contributed by atoms with Crippen molar-refractivity contribution in [1.29, 1.82) is 0 Å². The van der Waals surface area contributed by atoms with Crippen molar-refractivity contribution < 1.29 is 23.7 Å². The van der Waals surface area contributed by atoms with Crippen molar-refractivity contribution in [3.05, 3.63) is 36.4 Å². The Bertz CT molecular complexity index is 959. The van der Waals surface area contributed by atoms with Crippen LogP contribution in [0, 0.1) is 0 Å². The summed E-state index contributed by atoms with van der Waals surface area (Å²) < 4.78 is 26.9. The Kier molecular flexibility index (Phi) is 5.14. The third-order valence-electron chi connectivity index (χ3n) is 4.21. The highest BCUT2D eigenvalue weighted by Gasteiger charge is 2.14. The van der Waals surface area contributed by atoms with Crippen molar-refractivity contribution >= 4 is 0 Å². The fourth-order valence-electron chi connectivity index (χ4n) is 2.79. The minimum Gasteiger partial charge on any atom is -0.493 e. The van der Waals surface area contributed by atoms with Crippen LogP contribution in [0.4, 0.5) is 0 Å². The van der Waals surface area contributed by atoms with E-state index in [1.54, 1.807) is 19.0 Å². The molecule has 9 heteroatoms. The number of methoxy groups -OCH3 is 2. The zero-order chi connectivity index (χ0) is 19.3. The van der Waals surface area contributed by atoms with E-state index in [9.17, 15) is 0 Å². The topological polar surface area (TPSA) is 89.8 Å². The molecule has 146 valence electrons. The first-order valence-electron chi connectivity index (χ1n) is 8.79. The maximum atomic E-state index is 5.74. The Labute approximate surface area is 161 Å². The van der Waals surface area contributed by atoms with Crippen LogP contribution < -0.4 is 23.7 Å². The summed E-state index contributed by atoms with van der Waals surface area (Å²) in [6.07, 6.45) is 0.732. The molecular formula is C19H20N4O5. The summed E-state index contributed by atoms with van der Waals surface area (Å²) in [5.74, 6) is 3.98. The summed E-state index contributed by atoms with van der Waals surface area (Å²) in [5.41, 5.74) is 0.806. The van der Waals surface area contributed by atoms with Crippen LogP contribution in [-0.2, 0) is 6.54 Å². The van der Waals surface area contributed by atoms with Crippen LogP contribution in [-0.4, -0.2) is 47.8 Å². The molecule has 1 aliphatic heterocycles. The first-order valence-corrected chi connectivity index (χ1v) is 8.79. The van der Waals surface area contributed by atoms with E-state index in [-0.39, 0.29) is 6.79 Å². The zero-order valence-corrected chi connectivity index (χ0v) is 15.6. The fraction of sp³-hybridized carbons (Fsp3) is 0.316. The number of benzene rings is 2. The Morgan fingerprint density at radius 2 is 1.86 bits per heavy atom. The first kappa shape index (κ1) is 17.9. The van der Waals surface area contributed by atoms with Gasteiger partial charge in [-0.25, -0.2) is 0 Å². The highest BCUT2D eigenvalue weighted by atomic mass is 16.7. The average molecular weight is 384 g/mol. The number of tetrazole rings is 1. The SMILES string of the molecule is COc1ccc(-c2nnn(CCCOc3ccc4c(c3)OCO4)n2)cc1OC. The molecule has 0 spiro atoms. The van der Waals surface area contributed by atoms with E-state index >= 15 is 0 Å². The average Bonchev–Trinajstić information content (AvgIpc) is 3.39. The second kappa shape index (κ2) is 8.03. The van der Waals surface area contributed by atoms with Crippen molar-refractivity contribution in [3.63, 3.8) is 0 Å². The van der Waals surface area contributed by atoms with Gasteiger partial charge in [0.25, 0.3) is 0 Å². The molecule has 4 rings (SSSR count). The number of hydrogen-bond acceptors (Lipinski definition) is 8. The maximum absolute atomic E-state index is 5.74. The molecule has 0 fully saturated rings. The van der Waals surface area contributed by atoms with Gasteiger partial charge in [0, 0.05) is 18.1 Å². The molecule has 2 heterocycles. The van der Waals surface area contributed by atoms with Gasteiger partial charge in [-0.2, -0.15) is 4.80 Å². The molecule has 9 nitrogen and oxygen atoms in total. The molecule has 0 amide bonds.